The average molecular weight is 142 g/mol. The van der Waals surface area contributed by atoms with Crippen LogP contribution < -0.4 is 0 Å². The first kappa shape index (κ1) is 8.92. The van der Waals surface area contributed by atoms with Crippen LogP contribution in [0.2, 0.25) is 0 Å². The van der Waals surface area contributed by atoms with Crippen molar-refractivity contribution in [1.29, 1.82) is 5.26 Å². The van der Waals surface area contributed by atoms with E-state index in [1.807, 2.05) is 6.92 Å². The van der Waals surface area contributed by atoms with Crippen LogP contribution in [0, 0.1) is 11.5 Å². The molecule has 0 heterocycles. The minimum Gasteiger partial charge on any atom is -0.479 e. The van der Waals surface area contributed by atoms with Crippen molar-refractivity contribution in [2.75, 3.05) is 20.3 Å². The van der Waals surface area contributed by atoms with Gasteiger partial charge in [0.1, 0.15) is 6.61 Å². The van der Waals surface area contributed by atoms with Crippen molar-refractivity contribution in [3.05, 3.63) is 0 Å². The number of ether oxygens (including phenoxy) is 2. The molecule has 0 bridgehead atoms. The van der Waals surface area contributed by atoms with Gasteiger partial charge in [-0.3, -0.25) is 0 Å². The summed E-state index contributed by atoms with van der Waals surface area (Å²) < 4.78 is 9.63. The third-order valence-electron chi connectivity index (χ3n) is 0.753. The van der Waals surface area contributed by atoms with Crippen LogP contribution in [0.25, 0.3) is 0 Å². The highest BCUT2D eigenvalue weighted by Crippen LogP contribution is 1.82. The topological polar surface area (TPSA) is 54.6 Å². The van der Waals surface area contributed by atoms with Gasteiger partial charge in [-0.05, 0) is 6.92 Å². The van der Waals surface area contributed by atoms with Crippen LogP contribution in [0.4, 0.5) is 0 Å². The first-order valence-electron chi connectivity index (χ1n) is 2.92. The van der Waals surface area contributed by atoms with Crippen molar-refractivity contribution in [3.63, 3.8) is 0 Å². The Morgan fingerprint density at radius 3 is 2.80 bits per heavy atom. The summed E-state index contributed by atoms with van der Waals surface area (Å²) in [5.41, 5.74) is 0. The maximum Gasteiger partial charge on any atom is 0.225 e. The fourth-order valence-corrected chi connectivity index (χ4v) is 0.452. The maximum atomic E-state index is 8.12. The zero-order valence-corrected chi connectivity index (χ0v) is 6.13. The van der Waals surface area contributed by atoms with Gasteiger partial charge in [-0.25, -0.2) is 0 Å². The van der Waals surface area contributed by atoms with E-state index in [2.05, 4.69) is 4.99 Å². The number of aliphatic imine (C=N–C) groups is 1. The molecular formula is C6H10N2O2. The number of rotatable bonds is 3. The zero-order valence-electron chi connectivity index (χ0n) is 6.13. The molecule has 0 fully saturated rings. The molecule has 0 spiro atoms. The van der Waals surface area contributed by atoms with E-state index >= 15 is 0 Å². The second kappa shape index (κ2) is 6.05. The van der Waals surface area contributed by atoms with Gasteiger partial charge in [-0.15, -0.1) is 4.99 Å². The number of nitrogens with zero attached hydrogens (tertiary/aromatic N) is 2. The number of hydrogen-bond acceptors (Lipinski definition) is 4. The summed E-state index contributed by atoms with van der Waals surface area (Å²) in [4.78, 5) is 3.38. The molecule has 0 saturated heterocycles. The standard InChI is InChI=1S/C6H10N2O2/c1-3-10-6(4-9-2)8-5-7/h3-4H2,1-2H3. The molecular weight excluding hydrogens is 132 g/mol. The molecule has 0 aliphatic heterocycles. The Balaban J connectivity index is 3.75. The third kappa shape index (κ3) is 3.87. The summed E-state index contributed by atoms with van der Waals surface area (Å²) >= 11 is 0. The molecule has 0 radical (unpaired) electrons. The molecule has 0 saturated carbocycles. The van der Waals surface area contributed by atoms with E-state index in [1.165, 1.54) is 7.11 Å². The van der Waals surface area contributed by atoms with Crippen LogP contribution in [-0.2, 0) is 9.47 Å². The van der Waals surface area contributed by atoms with E-state index in [0.717, 1.165) is 0 Å². The second-order valence-corrected chi connectivity index (χ2v) is 1.47. The van der Waals surface area contributed by atoms with E-state index < -0.39 is 0 Å². The minimum atomic E-state index is 0.251. The number of hydrogen-bond donors (Lipinski definition) is 0. The van der Waals surface area contributed by atoms with Gasteiger partial charge in [0.05, 0.1) is 6.61 Å². The average Bonchev–Trinajstić information content (AvgIpc) is 1.90. The molecule has 0 aromatic carbocycles. The van der Waals surface area contributed by atoms with Crippen LogP contribution in [0.1, 0.15) is 6.92 Å². The monoisotopic (exact) mass is 142 g/mol. The third-order valence-corrected chi connectivity index (χ3v) is 0.753. The normalized spacial score (nSPS) is 10.7. The summed E-state index contributed by atoms with van der Waals surface area (Å²) in [6.07, 6.45) is 1.62. The van der Waals surface area contributed by atoms with Gasteiger partial charge in [0, 0.05) is 7.11 Å². The molecule has 4 heteroatoms. The summed E-state index contributed by atoms with van der Waals surface area (Å²) in [6, 6.07) is 0. The highest BCUT2D eigenvalue weighted by atomic mass is 16.5. The number of nitriles is 1. The Hall–Kier alpha value is -1.08. The minimum absolute atomic E-state index is 0.251. The van der Waals surface area contributed by atoms with E-state index in [9.17, 15) is 0 Å². The highest BCUT2D eigenvalue weighted by molar-refractivity contribution is 5.78. The quantitative estimate of drug-likeness (QED) is 0.328. The SMILES string of the molecule is CCOC(COC)=NC#N. The Morgan fingerprint density at radius 2 is 2.40 bits per heavy atom. The Labute approximate surface area is 60.1 Å². The van der Waals surface area contributed by atoms with Crippen molar-refractivity contribution in [3.8, 4) is 6.19 Å². The van der Waals surface area contributed by atoms with Crippen molar-refractivity contribution in [2.45, 2.75) is 6.92 Å². The summed E-state index contributed by atoms with van der Waals surface area (Å²) in [7, 11) is 1.52. The predicted molar refractivity (Wildman–Crippen MR) is 36.6 cm³/mol. The van der Waals surface area contributed by atoms with Crippen molar-refractivity contribution < 1.29 is 9.47 Å². The second-order valence-electron chi connectivity index (χ2n) is 1.47. The Morgan fingerprint density at radius 1 is 1.70 bits per heavy atom. The lowest BCUT2D eigenvalue weighted by Gasteiger charge is -2.02. The van der Waals surface area contributed by atoms with Gasteiger partial charge in [-0.2, -0.15) is 5.26 Å². The van der Waals surface area contributed by atoms with Crippen LogP contribution in [0.5, 0.6) is 0 Å². The van der Waals surface area contributed by atoms with E-state index in [1.54, 1.807) is 6.19 Å². The molecule has 0 amide bonds. The summed E-state index contributed by atoms with van der Waals surface area (Å²) in [6.45, 7) is 2.58. The van der Waals surface area contributed by atoms with Crippen LogP contribution in [0.15, 0.2) is 4.99 Å². The first-order valence-corrected chi connectivity index (χ1v) is 2.92. The maximum absolute atomic E-state index is 8.12. The molecule has 4 nitrogen and oxygen atoms in total. The van der Waals surface area contributed by atoms with Crippen molar-refractivity contribution in [1.82, 2.24) is 0 Å². The predicted octanol–water partition coefficient (Wildman–Crippen LogP) is 0.549. The molecule has 0 unspecified atom stereocenters. The molecule has 0 aliphatic rings. The smallest absolute Gasteiger partial charge is 0.225 e. The van der Waals surface area contributed by atoms with Gasteiger partial charge >= 0.3 is 0 Å². The van der Waals surface area contributed by atoms with Gasteiger partial charge in [0.15, 0.2) is 0 Å². The summed E-state index contributed by atoms with van der Waals surface area (Å²) in [5.74, 6) is 0.326. The molecule has 0 rings (SSSR count). The van der Waals surface area contributed by atoms with Crippen molar-refractivity contribution >= 4 is 5.90 Å². The zero-order chi connectivity index (χ0) is 7.82. The van der Waals surface area contributed by atoms with Gasteiger partial charge in [-0.1, -0.05) is 0 Å². The van der Waals surface area contributed by atoms with E-state index in [4.69, 9.17) is 14.7 Å². The molecule has 0 aromatic rings. The van der Waals surface area contributed by atoms with E-state index in [0.29, 0.717) is 12.5 Å². The van der Waals surface area contributed by atoms with Gasteiger partial charge in [0.25, 0.3) is 0 Å². The molecule has 10 heavy (non-hydrogen) atoms. The lowest BCUT2D eigenvalue weighted by Crippen LogP contribution is -2.10. The van der Waals surface area contributed by atoms with Crippen LogP contribution in [0.3, 0.4) is 0 Å². The Bertz CT molecular complexity index is 140. The molecule has 0 aliphatic carbocycles. The first-order chi connectivity index (χ1) is 4.85. The lowest BCUT2D eigenvalue weighted by atomic mass is 10.7. The summed E-state index contributed by atoms with van der Waals surface area (Å²) in [5, 5.41) is 8.12. The number of methoxy groups -OCH3 is 1. The molecule has 56 valence electrons. The lowest BCUT2D eigenvalue weighted by molar-refractivity contribution is 0.208. The van der Waals surface area contributed by atoms with Crippen molar-refractivity contribution in [2.24, 2.45) is 4.99 Å². The highest BCUT2D eigenvalue weighted by Gasteiger charge is 1.95. The van der Waals surface area contributed by atoms with Gasteiger partial charge in [0.2, 0.25) is 12.1 Å². The molecule has 0 atom stereocenters. The Kier molecular flexibility index (Phi) is 5.39. The fraction of sp³-hybridized carbons (Fsp3) is 0.667. The van der Waals surface area contributed by atoms with Crippen LogP contribution in [-0.4, -0.2) is 26.2 Å². The fourth-order valence-electron chi connectivity index (χ4n) is 0.452. The van der Waals surface area contributed by atoms with Gasteiger partial charge < -0.3 is 9.47 Å². The molecule has 0 N–H and O–H groups in total. The van der Waals surface area contributed by atoms with E-state index in [-0.39, 0.29) is 6.61 Å². The van der Waals surface area contributed by atoms with Crippen LogP contribution >= 0.6 is 0 Å². The molecule has 0 aromatic heterocycles. The largest absolute Gasteiger partial charge is 0.479 e.